The van der Waals surface area contributed by atoms with Crippen LogP contribution in [0, 0.1) is 6.92 Å². The summed E-state index contributed by atoms with van der Waals surface area (Å²) >= 11 is 0. The monoisotopic (exact) mass is 409 g/mol. The van der Waals surface area contributed by atoms with E-state index in [9.17, 15) is 9.59 Å². The molecule has 0 fully saturated rings. The fraction of sp³-hybridized carbons (Fsp3) is 0.455. The lowest BCUT2D eigenvalue weighted by Crippen LogP contribution is -2.43. The molecule has 158 valence electrons. The van der Waals surface area contributed by atoms with E-state index in [1.807, 2.05) is 52.9 Å². The van der Waals surface area contributed by atoms with E-state index >= 15 is 0 Å². The van der Waals surface area contributed by atoms with E-state index < -0.39 is 11.7 Å². The number of hydrogen-bond acceptors (Lipinski definition) is 5. The lowest BCUT2D eigenvalue weighted by molar-refractivity contribution is 0.0223. The van der Waals surface area contributed by atoms with Gasteiger partial charge in [-0.25, -0.2) is 9.78 Å². The summed E-state index contributed by atoms with van der Waals surface area (Å²) in [7, 11) is 1.87. The fourth-order valence-electron chi connectivity index (χ4n) is 3.97. The first-order valence-corrected chi connectivity index (χ1v) is 10.1. The van der Waals surface area contributed by atoms with E-state index in [0.717, 1.165) is 22.3 Å². The highest BCUT2D eigenvalue weighted by Gasteiger charge is 2.29. The predicted octanol–water partition coefficient (Wildman–Crippen LogP) is 2.78. The second-order valence-corrected chi connectivity index (χ2v) is 8.78. The molecule has 0 atom stereocenters. The summed E-state index contributed by atoms with van der Waals surface area (Å²) in [5.41, 5.74) is 3.37. The van der Waals surface area contributed by atoms with Crippen LogP contribution in [-0.2, 0) is 31.3 Å². The highest BCUT2D eigenvalue weighted by Crippen LogP contribution is 2.25. The number of nitrogens with zero attached hydrogens (tertiary/aromatic N) is 5. The lowest BCUT2D eigenvalue weighted by Gasteiger charge is -2.31. The van der Waals surface area contributed by atoms with Gasteiger partial charge in [-0.1, -0.05) is 0 Å². The molecule has 0 radical (unpaired) electrons. The van der Waals surface area contributed by atoms with Crippen molar-refractivity contribution < 1.29 is 9.53 Å². The van der Waals surface area contributed by atoms with Crippen molar-refractivity contribution in [2.24, 2.45) is 7.05 Å². The van der Waals surface area contributed by atoms with Crippen LogP contribution in [0.15, 0.2) is 29.2 Å². The lowest BCUT2D eigenvalue weighted by atomic mass is 9.97. The largest absolute Gasteiger partial charge is 0.444 e. The van der Waals surface area contributed by atoms with E-state index in [1.54, 1.807) is 20.3 Å². The van der Waals surface area contributed by atoms with Crippen LogP contribution in [-0.4, -0.2) is 42.5 Å². The molecule has 1 amide bonds. The number of aryl methyl sites for hydroxylation is 2. The van der Waals surface area contributed by atoms with Gasteiger partial charge in [-0.2, -0.15) is 5.10 Å². The van der Waals surface area contributed by atoms with Gasteiger partial charge in [0.25, 0.3) is 5.56 Å². The molecule has 8 nitrogen and oxygen atoms in total. The van der Waals surface area contributed by atoms with Gasteiger partial charge in [-0.3, -0.25) is 14.0 Å². The SMILES string of the molecule is Cc1cc(Cn2c(=O)c3c(c4cccnc42)CCN(C(=O)OC(C)(C)C)C3)n(C)n1. The Morgan fingerprint density at radius 2 is 2.03 bits per heavy atom. The average Bonchev–Trinajstić information content (AvgIpc) is 3.00. The maximum absolute atomic E-state index is 13.5. The highest BCUT2D eigenvalue weighted by molar-refractivity contribution is 5.81. The molecule has 30 heavy (non-hydrogen) atoms. The van der Waals surface area contributed by atoms with Gasteiger partial charge in [0.1, 0.15) is 11.2 Å². The van der Waals surface area contributed by atoms with Crippen LogP contribution in [0.4, 0.5) is 4.79 Å². The van der Waals surface area contributed by atoms with Gasteiger partial charge in [0, 0.05) is 30.7 Å². The summed E-state index contributed by atoms with van der Waals surface area (Å²) in [5, 5.41) is 5.34. The minimum Gasteiger partial charge on any atom is -0.444 e. The highest BCUT2D eigenvalue weighted by atomic mass is 16.6. The second-order valence-electron chi connectivity index (χ2n) is 8.78. The molecule has 0 saturated heterocycles. The molecule has 0 unspecified atom stereocenters. The maximum Gasteiger partial charge on any atom is 0.410 e. The van der Waals surface area contributed by atoms with Crippen molar-refractivity contribution in [1.82, 2.24) is 24.2 Å². The Morgan fingerprint density at radius 1 is 1.27 bits per heavy atom. The van der Waals surface area contributed by atoms with Crippen LogP contribution in [0.25, 0.3) is 11.0 Å². The van der Waals surface area contributed by atoms with Gasteiger partial charge in [0.15, 0.2) is 0 Å². The maximum atomic E-state index is 13.5. The zero-order valence-corrected chi connectivity index (χ0v) is 18.1. The molecule has 0 aromatic carbocycles. The van der Waals surface area contributed by atoms with E-state index in [1.165, 1.54) is 0 Å². The third kappa shape index (κ3) is 3.69. The summed E-state index contributed by atoms with van der Waals surface area (Å²) in [6.07, 6.45) is 1.90. The summed E-state index contributed by atoms with van der Waals surface area (Å²) in [5.74, 6) is 0. The van der Waals surface area contributed by atoms with Gasteiger partial charge < -0.3 is 9.64 Å². The molecule has 1 aliphatic rings. The molecular weight excluding hydrogens is 382 g/mol. The second kappa shape index (κ2) is 7.27. The van der Waals surface area contributed by atoms with Crippen molar-refractivity contribution in [3.8, 4) is 0 Å². The Kier molecular flexibility index (Phi) is 4.88. The standard InChI is InChI=1S/C22H27N5O3/c1-14-11-15(25(5)24-14)12-27-19-17(7-6-9-23-19)16-8-10-26(13-18(16)20(27)28)21(29)30-22(2,3)4/h6-7,9,11H,8,10,12-13H2,1-5H3. The Morgan fingerprint density at radius 3 is 2.70 bits per heavy atom. The summed E-state index contributed by atoms with van der Waals surface area (Å²) < 4.78 is 8.98. The van der Waals surface area contributed by atoms with Crippen molar-refractivity contribution in [3.63, 3.8) is 0 Å². The summed E-state index contributed by atoms with van der Waals surface area (Å²) in [4.78, 5) is 32.2. The number of carbonyl (C=O) groups is 1. The number of ether oxygens (including phenoxy) is 1. The van der Waals surface area contributed by atoms with Gasteiger partial charge in [-0.15, -0.1) is 0 Å². The van der Waals surface area contributed by atoms with Gasteiger partial charge >= 0.3 is 6.09 Å². The quantitative estimate of drug-likeness (QED) is 0.650. The van der Waals surface area contributed by atoms with E-state index in [2.05, 4.69) is 10.1 Å². The number of pyridine rings is 2. The first-order chi connectivity index (χ1) is 14.1. The Hall–Kier alpha value is -3.16. The van der Waals surface area contributed by atoms with E-state index in [0.29, 0.717) is 30.7 Å². The minimum atomic E-state index is -0.581. The molecule has 0 saturated carbocycles. The van der Waals surface area contributed by atoms with Crippen LogP contribution in [0.1, 0.15) is 43.3 Å². The third-order valence-electron chi connectivity index (χ3n) is 5.29. The topological polar surface area (TPSA) is 82.3 Å². The Balaban J connectivity index is 1.79. The summed E-state index contributed by atoms with van der Waals surface area (Å²) in [6.45, 7) is 8.55. The Labute approximate surface area is 175 Å². The van der Waals surface area contributed by atoms with Gasteiger partial charge in [0.05, 0.1) is 24.5 Å². The van der Waals surface area contributed by atoms with Crippen molar-refractivity contribution in [2.45, 2.75) is 52.8 Å². The fourth-order valence-corrected chi connectivity index (χ4v) is 3.97. The Bertz CT molecular complexity index is 1190. The molecule has 0 spiro atoms. The minimum absolute atomic E-state index is 0.122. The number of carbonyl (C=O) groups excluding carboxylic acids is 1. The molecule has 0 aliphatic carbocycles. The van der Waals surface area contributed by atoms with E-state index in [4.69, 9.17) is 4.74 Å². The first kappa shape index (κ1) is 20.1. The number of fused-ring (bicyclic) bond motifs is 3. The van der Waals surface area contributed by atoms with E-state index in [-0.39, 0.29) is 12.1 Å². The van der Waals surface area contributed by atoms with Gasteiger partial charge in [0.2, 0.25) is 0 Å². The van der Waals surface area contributed by atoms with Crippen LogP contribution in [0.3, 0.4) is 0 Å². The van der Waals surface area contributed by atoms with Gasteiger partial charge in [-0.05, 0) is 57.9 Å². The molecule has 1 aliphatic heterocycles. The predicted molar refractivity (Wildman–Crippen MR) is 113 cm³/mol. The molecule has 3 aromatic heterocycles. The number of amides is 1. The van der Waals surface area contributed by atoms with Crippen LogP contribution < -0.4 is 5.56 Å². The molecular formula is C22H27N5O3. The van der Waals surface area contributed by atoms with Crippen molar-refractivity contribution in [2.75, 3.05) is 6.54 Å². The average molecular weight is 409 g/mol. The third-order valence-corrected chi connectivity index (χ3v) is 5.29. The first-order valence-electron chi connectivity index (χ1n) is 10.1. The van der Waals surface area contributed by atoms with Crippen molar-refractivity contribution in [1.29, 1.82) is 0 Å². The molecule has 0 bridgehead atoms. The molecule has 3 aromatic rings. The number of rotatable bonds is 2. The normalized spacial score (nSPS) is 14.1. The smallest absolute Gasteiger partial charge is 0.410 e. The number of aromatic nitrogens is 4. The van der Waals surface area contributed by atoms with Crippen LogP contribution in [0.5, 0.6) is 0 Å². The zero-order chi connectivity index (χ0) is 21.6. The molecule has 4 heterocycles. The molecule has 0 N–H and O–H groups in total. The summed E-state index contributed by atoms with van der Waals surface area (Å²) in [6, 6.07) is 5.84. The molecule has 8 heteroatoms. The van der Waals surface area contributed by atoms with Crippen molar-refractivity contribution in [3.05, 3.63) is 57.3 Å². The number of hydrogen-bond donors (Lipinski definition) is 0. The van der Waals surface area contributed by atoms with Crippen LogP contribution >= 0.6 is 0 Å². The zero-order valence-electron chi connectivity index (χ0n) is 18.1. The van der Waals surface area contributed by atoms with Crippen LogP contribution in [0.2, 0.25) is 0 Å². The molecule has 4 rings (SSSR count). The van der Waals surface area contributed by atoms with Crippen molar-refractivity contribution >= 4 is 17.1 Å².